The molecule has 0 saturated heterocycles. The smallest absolute Gasteiger partial charge is 0.741 e. The van der Waals surface area contributed by atoms with Gasteiger partial charge in [0.25, 0.3) is 0 Å². The maximum atomic E-state index is 10.7. The molecule has 0 aromatic rings. The predicted molar refractivity (Wildman–Crippen MR) is 82.1 cm³/mol. The zero-order valence-electron chi connectivity index (χ0n) is 14.3. The molecule has 15 N–H and O–H groups in total. The van der Waals surface area contributed by atoms with E-state index in [1.807, 2.05) is 0 Å². The van der Waals surface area contributed by atoms with Crippen LogP contribution >= 0.6 is 0 Å². The summed E-state index contributed by atoms with van der Waals surface area (Å²) in [5.74, 6) is 0.171. The number of hydrogen-bond acceptors (Lipinski definition) is 12. The van der Waals surface area contributed by atoms with Gasteiger partial charge in [-0.3, -0.25) is 4.79 Å². The fourth-order valence-corrected chi connectivity index (χ4v) is 0.203. The van der Waals surface area contributed by atoms with Gasteiger partial charge in [0, 0.05) is 6.42 Å². The second kappa shape index (κ2) is 21.0. The third kappa shape index (κ3) is 36.2. The topological polar surface area (TPSA) is 306 Å². The Balaban J connectivity index is -0.0000000252. The van der Waals surface area contributed by atoms with E-state index in [-0.39, 0.29) is 56.3 Å². The molecular weight excluding hydrogens is 634 g/mol. The van der Waals surface area contributed by atoms with Crippen molar-refractivity contribution in [2.45, 2.75) is 24.4 Å². The molecule has 0 rings (SSSR count). The van der Waals surface area contributed by atoms with Gasteiger partial charge < -0.3 is 39.9 Å². The molecule has 0 bridgehead atoms. The number of hydrogen-bond donors (Lipinski definition) is 5. The van der Waals surface area contributed by atoms with Crippen LogP contribution in [0.15, 0.2) is 12.7 Å². The van der Waals surface area contributed by atoms with Crippen molar-refractivity contribution in [1.29, 1.82) is 0 Å². The standard InChI is InChI=1S/C5H8O.2CHF3O3S.5H3N.Os/c1-3-4-5(2)6;2*2-1(3,4)8(5,6)7;;;;;;/h3H,1,4H2,2H3;2*(H,5,6,7);5*1H3;/q;;;;;;;;+2/p-2. The van der Waals surface area contributed by atoms with Crippen LogP contribution in [0, 0.1) is 0 Å². The molecule has 0 atom stereocenters. The van der Waals surface area contributed by atoms with Gasteiger partial charge in [-0.2, -0.15) is 26.3 Å². The molecule has 0 radical (unpaired) electrons. The van der Waals surface area contributed by atoms with E-state index in [2.05, 4.69) is 6.58 Å². The van der Waals surface area contributed by atoms with E-state index < -0.39 is 31.3 Å². The predicted octanol–water partition coefficient (Wildman–Crippen LogP) is 2.06. The zero-order valence-corrected chi connectivity index (χ0v) is 18.5. The molecule has 0 spiro atoms. The molecule has 21 heteroatoms. The van der Waals surface area contributed by atoms with E-state index in [0.717, 1.165) is 0 Å². The van der Waals surface area contributed by atoms with E-state index in [1.54, 1.807) is 13.0 Å². The minimum absolute atomic E-state index is 0. The van der Waals surface area contributed by atoms with E-state index >= 15 is 0 Å². The molecule has 0 aromatic carbocycles. The molecule has 0 aliphatic carbocycles. The fraction of sp³-hybridized carbons (Fsp3) is 0.571. The van der Waals surface area contributed by atoms with Crippen LogP contribution < -0.4 is 30.8 Å². The van der Waals surface area contributed by atoms with E-state index in [9.17, 15) is 31.1 Å². The molecule has 0 fully saturated rings. The molecule has 0 saturated carbocycles. The Morgan fingerprint density at radius 1 is 0.821 bits per heavy atom. The van der Waals surface area contributed by atoms with Crippen molar-refractivity contribution in [3.63, 3.8) is 0 Å². The molecular formula is C7H23F6N5O7OsS2. The van der Waals surface area contributed by atoms with Gasteiger partial charge in [-0.1, -0.05) is 6.08 Å². The normalized spacial score (nSPS) is 9.61. The number of alkyl halides is 6. The van der Waals surface area contributed by atoms with E-state index in [0.29, 0.717) is 6.42 Å². The van der Waals surface area contributed by atoms with Crippen LogP contribution in [0.2, 0.25) is 0 Å². The largest absolute Gasteiger partial charge is 2.00 e. The van der Waals surface area contributed by atoms with Crippen molar-refractivity contribution in [3.05, 3.63) is 12.7 Å². The second-order valence-corrected chi connectivity index (χ2v) is 5.74. The van der Waals surface area contributed by atoms with Gasteiger partial charge in [-0.05, 0) is 6.92 Å². The van der Waals surface area contributed by atoms with Crippen molar-refractivity contribution in [3.8, 4) is 0 Å². The van der Waals surface area contributed by atoms with Crippen LogP contribution in [0.25, 0.3) is 0 Å². The average Bonchev–Trinajstić information content (AvgIpc) is 2.11. The van der Waals surface area contributed by atoms with Gasteiger partial charge in [0.2, 0.25) is 0 Å². The number of carbonyl (C=O) groups is 1. The van der Waals surface area contributed by atoms with Crippen LogP contribution in [-0.2, 0) is 44.8 Å². The second-order valence-electron chi connectivity index (χ2n) is 2.99. The first kappa shape index (κ1) is 56.4. The molecule has 180 valence electrons. The maximum Gasteiger partial charge on any atom is 2.00 e. The minimum Gasteiger partial charge on any atom is -0.741 e. The number of rotatable bonds is 2. The van der Waals surface area contributed by atoms with Crippen molar-refractivity contribution in [2.24, 2.45) is 0 Å². The van der Waals surface area contributed by atoms with Gasteiger partial charge in [0.1, 0.15) is 5.78 Å². The van der Waals surface area contributed by atoms with Gasteiger partial charge in [0.05, 0.1) is 0 Å². The van der Waals surface area contributed by atoms with Crippen molar-refractivity contribution < 1.29 is 76.9 Å². The molecule has 0 heterocycles. The average molecular weight is 658 g/mol. The summed E-state index contributed by atoms with van der Waals surface area (Å²) in [6.45, 7) is 4.92. The van der Waals surface area contributed by atoms with E-state index in [1.165, 1.54) is 0 Å². The molecule has 28 heavy (non-hydrogen) atoms. The summed E-state index contributed by atoms with van der Waals surface area (Å²) < 4.78 is 118. The first-order valence-electron chi connectivity index (χ1n) is 4.42. The van der Waals surface area contributed by atoms with Gasteiger partial charge in [-0.25, -0.2) is 16.8 Å². The van der Waals surface area contributed by atoms with Crippen LogP contribution in [0.1, 0.15) is 13.3 Å². The van der Waals surface area contributed by atoms with E-state index in [4.69, 9.17) is 25.9 Å². The zero-order chi connectivity index (χ0) is 19.0. The molecule has 0 aliphatic rings. The van der Waals surface area contributed by atoms with Crippen molar-refractivity contribution in [2.75, 3.05) is 0 Å². The number of Topliss-reactive ketones (excluding diaryl/α,β-unsaturated/α-hetero) is 1. The molecule has 12 nitrogen and oxygen atoms in total. The number of carbonyl (C=O) groups excluding carboxylic acids is 1. The number of allylic oxidation sites excluding steroid dienone is 1. The summed E-state index contributed by atoms with van der Waals surface area (Å²) >= 11 is 0. The quantitative estimate of drug-likeness (QED) is 0.123. The summed E-state index contributed by atoms with van der Waals surface area (Å²) in [5, 5.41) is 0. The Kier molecular flexibility index (Phi) is 42.2. The number of ketones is 1. The Hall–Kier alpha value is -0.754. The van der Waals surface area contributed by atoms with Crippen LogP contribution in [0.3, 0.4) is 0 Å². The molecule has 0 amide bonds. The van der Waals surface area contributed by atoms with Crippen LogP contribution in [0.5, 0.6) is 0 Å². The fourth-order valence-electron chi connectivity index (χ4n) is 0.203. The molecule has 0 unspecified atom stereocenters. The Morgan fingerprint density at radius 3 is 0.964 bits per heavy atom. The van der Waals surface area contributed by atoms with Gasteiger partial charge >= 0.3 is 30.8 Å². The SMILES string of the molecule is C=CCC(C)=O.N.N.N.N.N.O=S(=O)([O-])C(F)(F)F.O=S(=O)([O-])C(F)(F)F.[Os+2]. The monoisotopic (exact) mass is 659 g/mol. The number of halogens is 6. The Bertz CT molecular complexity index is 540. The minimum atomic E-state index is -6.09. The first-order valence-corrected chi connectivity index (χ1v) is 7.23. The third-order valence-electron chi connectivity index (χ3n) is 0.999. The summed E-state index contributed by atoms with van der Waals surface area (Å²) in [5.41, 5.74) is -11.3. The summed E-state index contributed by atoms with van der Waals surface area (Å²) in [7, 11) is -12.2. The summed E-state index contributed by atoms with van der Waals surface area (Å²) in [4.78, 5) is 9.97. The van der Waals surface area contributed by atoms with Crippen molar-refractivity contribution in [1.82, 2.24) is 30.8 Å². The Morgan fingerprint density at radius 2 is 0.964 bits per heavy atom. The summed E-state index contributed by atoms with van der Waals surface area (Å²) in [6.07, 6.45) is 2.10. The van der Waals surface area contributed by atoms with Crippen LogP contribution in [0.4, 0.5) is 26.3 Å². The Labute approximate surface area is 171 Å². The summed E-state index contributed by atoms with van der Waals surface area (Å²) in [6, 6.07) is 0. The third-order valence-corrected chi connectivity index (χ3v) is 2.13. The molecule has 0 aliphatic heterocycles. The first-order chi connectivity index (χ1) is 9.27. The molecule has 0 aromatic heterocycles. The van der Waals surface area contributed by atoms with Crippen molar-refractivity contribution >= 4 is 26.0 Å². The maximum absolute atomic E-state index is 10.7. The van der Waals surface area contributed by atoms with Crippen LogP contribution in [-0.4, -0.2) is 42.7 Å². The van der Waals surface area contributed by atoms with Gasteiger partial charge in [0.15, 0.2) is 20.2 Å². The van der Waals surface area contributed by atoms with Gasteiger partial charge in [-0.15, -0.1) is 6.58 Å².